The normalized spacial score (nSPS) is 11.8. The Morgan fingerprint density at radius 2 is 2.07 bits per heavy atom. The summed E-state index contributed by atoms with van der Waals surface area (Å²) in [5.41, 5.74) is 0.915. The first-order chi connectivity index (χ1) is 6.45. The van der Waals surface area contributed by atoms with Gasteiger partial charge in [0.2, 0.25) is 0 Å². The molecule has 0 unspecified atom stereocenters. The lowest BCUT2D eigenvalue weighted by atomic mass is 9.95. The Hall–Kier alpha value is -0.600. The Balaban J connectivity index is 3.15. The second-order valence-corrected chi connectivity index (χ2v) is 4.32. The second kappa shape index (κ2) is 4.28. The lowest BCUT2D eigenvalue weighted by Crippen LogP contribution is -2.18. The molecule has 0 spiro atoms. The number of aliphatic hydroxyl groups is 1. The molecule has 0 aliphatic heterocycles. The molecule has 0 aliphatic carbocycles. The smallest absolute Gasteiger partial charge is 0.129 e. The number of hydrogen-bond acceptors (Lipinski definition) is 2. The van der Waals surface area contributed by atoms with Crippen LogP contribution in [0.1, 0.15) is 38.4 Å². The van der Waals surface area contributed by atoms with Crippen LogP contribution in [0.3, 0.4) is 0 Å². The van der Waals surface area contributed by atoms with Crippen molar-refractivity contribution in [1.82, 2.24) is 4.98 Å². The predicted molar refractivity (Wildman–Crippen MR) is 58.5 cm³/mol. The predicted octanol–water partition coefficient (Wildman–Crippen LogP) is 2.91. The summed E-state index contributed by atoms with van der Waals surface area (Å²) in [4.78, 5) is 4.23. The van der Waals surface area contributed by atoms with Gasteiger partial charge >= 0.3 is 0 Å². The molecule has 1 heterocycles. The summed E-state index contributed by atoms with van der Waals surface area (Å²) in [6, 6.07) is 3.56. The Bertz CT molecular complexity index is 318. The van der Waals surface area contributed by atoms with E-state index in [4.69, 9.17) is 11.6 Å². The van der Waals surface area contributed by atoms with E-state index in [-0.39, 0.29) is 0 Å². The lowest BCUT2D eigenvalue weighted by Gasteiger charge is -2.20. The number of nitrogens with zero attached hydrogens (tertiary/aromatic N) is 1. The zero-order valence-electron chi connectivity index (χ0n) is 8.84. The Labute approximate surface area is 89.9 Å². The van der Waals surface area contributed by atoms with Gasteiger partial charge in [-0.05, 0) is 26.3 Å². The Kier molecular flexibility index (Phi) is 3.51. The average Bonchev–Trinajstić information content (AvgIpc) is 2.02. The highest BCUT2D eigenvalue weighted by Gasteiger charge is 2.20. The molecule has 0 saturated heterocycles. The molecule has 1 aromatic rings. The number of pyridine rings is 1. The molecule has 0 radical (unpaired) electrons. The molecular formula is C11H16ClNO. The average molecular weight is 214 g/mol. The van der Waals surface area contributed by atoms with Crippen molar-refractivity contribution < 1.29 is 5.11 Å². The van der Waals surface area contributed by atoms with Crippen LogP contribution in [0.5, 0.6) is 0 Å². The van der Waals surface area contributed by atoms with Crippen molar-refractivity contribution in [2.45, 2.75) is 39.2 Å². The molecule has 0 aliphatic rings. The van der Waals surface area contributed by atoms with Crippen LogP contribution in [-0.2, 0) is 12.0 Å². The number of aryl methyl sites for hydroxylation is 1. The van der Waals surface area contributed by atoms with Crippen LogP contribution in [0, 0.1) is 0 Å². The Morgan fingerprint density at radius 3 is 2.57 bits per heavy atom. The highest BCUT2D eigenvalue weighted by atomic mass is 35.5. The van der Waals surface area contributed by atoms with Gasteiger partial charge in [-0.25, -0.2) is 4.98 Å². The van der Waals surface area contributed by atoms with E-state index >= 15 is 0 Å². The van der Waals surface area contributed by atoms with Crippen molar-refractivity contribution in [1.29, 1.82) is 0 Å². The standard InChI is InChI=1S/C11H16ClNO/c1-4-5-9-8(11(2,3)14)6-7-10(12)13-9/h6-7,14H,4-5H2,1-3H3. The summed E-state index contributed by atoms with van der Waals surface area (Å²) < 4.78 is 0. The SMILES string of the molecule is CCCc1nc(Cl)ccc1C(C)(C)O. The van der Waals surface area contributed by atoms with Crippen LogP contribution in [0.25, 0.3) is 0 Å². The van der Waals surface area contributed by atoms with E-state index in [1.54, 1.807) is 19.9 Å². The third-order valence-corrected chi connectivity index (χ3v) is 2.30. The largest absolute Gasteiger partial charge is 0.386 e. The van der Waals surface area contributed by atoms with Crippen molar-refractivity contribution >= 4 is 11.6 Å². The summed E-state index contributed by atoms with van der Waals surface area (Å²) in [7, 11) is 0. The molecule has 0 saturated carbocycles. The molecule has 2 nitrogen and oxygen atoms in total. The van der Waals surface area contributed by atoms with Crippen molar-refractivity contribution in [3.05, 3.63) is 28.5 Å². The van der Waals surface area contributed by atoms with Crippen LogP contribution in [0.4, 0.5) is 0 Å². The van der Waals surface area contributed by atoms with Crippen molar-refractivity contribution in [2.75, 3.05) is 0 Å². The third kappa shape index (κ3) is 2.69. The molecule has 3 heteroatoms. The minimum Gasteiger partial charge on any atom is -0.386 e. The Morgan fingerprint density at radius 1 is 1.43 bits per heavy atom. The quantitative estimate of drug-likeness (QED) is 0.784. The minimum absolute atomic E-state index is 0.487. The maximum Gasteiger partial charge on any atom is 0.129 e. The van der Waals surface area contributed by atoms with Gasteiger partial charge in [-0.15, -0.1) is 0 Å². The van der Waals surface area contributed by atoms with Crippen molar-refractivity contribution in [3.63, 3.8) is 0 Å². The molecule has 0 bridgehead atoms. The first kappa shape index (κ1) is 11.5. The van der Waals surface area contributed by atoms with Gasteiger partial charge in [-0.2, -0.15) is 0 Å². The highest BCUT2D eigenvalue weighted by Crippen LogP contribution is 2.24. The lowest BCUT2D eigenvalue weighted by molar-refractivity contribution is 0.0771. The zero-order valence-corrected chi connectivity index (χ0v) is 9.60. The van der Waals surface area contributed by atoms with E-state index < -0.39 is 5.60 Å². The fourth-order valence-electron chi connectivity index (χ4n) is 1.46. The van der Waals surface area contributed by atoms with Gasteiger partial charge in [-0.1, -0.05) is 31.0 Å². The molecule has 0 amide bonds. The van der Waals surface area contributed by atoms with E-state index in [1.165, 1.54) is 0 Å². The summed E-state index contributed by atoms with van der Waals surface area (Å²) >= 11 is 5.81. The maximum atomic E-state index is 9.90. The van der Waals surface area contributed by atoms with Gasteiger partial charge in [0, 0.05) is 11.3 Å². The molecule has 0 fully saturated rings. The molecule has 1 N–H and O–H groups in total. The fraction of sp³-hybridized carbons (Fsp3) is 0.545. The van der Waals surface area contributed by atoms with E-state index in [9.17, 15) is 5.11 Å². The van der Waals surface area contributed by atoms with Gasteiger partial charge in [0.05, 0.1) is 5.60 Å². The van der Waals surface area contributed by atoms with Crippen LogP contribution in [0.2, 0.25) is 5.15 Å². The molecule has 1 rings (SSSR count). The fourth-order valence-corrected chi connectivity index (χ4v) is 1.62. The third-order valence-electron chi connectivity index (χ3n) is 2.09. The second-order valence-electron chi connectivity index (χ2n) is 3.94. The highest BCUT2D eigenvalue weighted by molar-refractivity contribution is 6.29. The van der Waals surface area contributed by atoms with Crippen LogP contribution in [-0.4, -0.2) is 10.1 Å². The molecule has 1 aromatic heterocycles. The number of halogens is 1. The zero-order chi connectivity index (χ0) is 10.8. The van der Waals surface area contributed by atoms with Gasteiger partial charge in [0.15, 0.2) is 0 Å². The summed E-state index contributed by atoms with van der Waals surface area (Å²) in [6.07, 6.45) is 1.84. The van der Waals surface area contributed by atoms with Crippen molar-refractivity contribution in [2.24, 2.45) is 0 Å². The minimum atomic E-state index is -0.845. The maximum absolute atomic E-state index is 9.90. The van der Waals surface area contributed by atoms with E-state index in [1.807, 2.05) is 6.07 Å². The molecule has 0 aromatic carbocycles. The summed E-state index contributed by atoms with van der Waals surface area (Å²) in [5.74, 6) is 0. The van der Waals surface area contributed by atoms with E-state index in [0.717, 1.165) is 24.1 Å². The van der Waals surface area contributed by atoms with Crippen LogP contribution >= 0.6 is 11.6 Å². The van der Waals surface area contributed by atoms with Gasteiger partial charge in [-0.3, -0.25) is 0 Å². The topological polar surface area (TPSA) is 33.1 Å². The summed E-state index contributed by atoms with van der Waals surface area (Å²) in [6.45, 7) is 5.60. The first-order valence-corrected chi connectivity index (χ1v) is 5.21. The monoisotopic (exact) mass is 213 g/mol. The molecular weight excluding hydrogens is 198 g/mol. The number of aromatic nitrogens is 1. The first-order valence-electron chi connectivity index (χ1n) is 4.83. The molecule has 78 valence electrons. The summed E-state index contributed by atoms with van der Waals surface area (Å²) in [5, 5.41) is 10.4. The van der Waals surface area contributed by atoms with Gasteiger partial charge < -0.3 is 5.11 Å². The van der Waals surface area contributed by atoms with Gasteiger partial charge in [0.25, 0.3) is 0 Å². The molecule has 14 heavy (non-hydrogen) atoms. The van der Waals surface area contributed by atoms with E-state index in [2.05, 4.69) is 11.9 Å². The van der Waals surface area contributed by atoms with Crippen molar-refractivity contribution in [3.8, 4) is 0 Å². The van der Waals surface area contributed by atoms with Crippen LogP contribution < -0.4 is 0 Å². The number of hydrogen-bond donors (Lipinski definition) is 1. The molecule has 0 atom stereocenters. The van der Waals surface area contributed by atoms with Gasteiger partial charge in [0.1, 0.15) is 5.15 Å². The number of rotatable bonds is 3. The van der Waals surface area contributed by atoms with E-state index in [0.29, 0.717) is 5.15 Å². The van der Waals surface area contributed by atoms with Crippen LogP contribution in [0.15, 0.2) is 12.1 Å².